The predicted octanol–water partition coefficient (Wildman–Crippen LogP) is 2.91. The van der Waals surface area contributed by atoms with Crippen molar-refractivity contribution in [3.63, 3.8) is 0 Å². The Bertz CT molecular complexity index is 1030. The molecule has 2 heterocycles. The summed E-state index contributed by atoms with van der Waals surface area (Å²) >= 11 is 0. The van der Waals surface area contributed by atoms with E-state index in [1.807, 2.05) is 45.9 Å². The fraction of sp³-hybridized carbons (Fsp3) is 0.440. The quantitative estimate of drug-likeness (QED) is 0.687. The summed E-state index contributed by atoms with van der Waals surface area (Å²) in [6, 6.07) is 0. The number of hydrogen-bond acceptors (Lipinski definition) is 4. The summed E-state index contributed by atoms with van der Waals surface area (Å²) in [5, 5.41) is 2.00. The topological polar surface area (TPSA) is 36.9 Å². The molecule has 1 aromatic carbocycles. The minimum absolute atomic E-state index is 0.455. The first-order valence-corrected chi connectivity index (χ1v) is 10.9. The van der Waals surface area contributed by atoms with E-state index in [2.05, 4.69) is 53.0 Å². The van der Waals surface area contributed by atoms with E-state index in [9.17, 15) is 0 Å². The van der Waals surface area contributed by atoms with Gasteiger partial charge in [0.25, 0.3) is 0 Å². The highest BCUT2D eigenvalue weighted by Crippen LogP contribution is 2.36. The third-order valence-corrected chi connectivity index (χ3v) is 6.36. The number of benzene rings is 1. The summed E-state index contributed by atoms with van der Waals surface area (Å²) in [6.45, 7) is 24.2. The number of allylic oxidation sites excluding steroid dienone is 2. The van der Waals surface area contributed by atoms with Crippen molar-refractivity contribution in [2.24, 2.45) is 0 Å². The van der Waals surface area contributed by atoms with Gasteiger partial charge < -0.3 is 18.6 Å². The van der Waals surface area contributed by atoms with Crippen LogP contribution in [-0.4, -0.2) is 31.2 Å². The Kier molecular flexibility index (Phi) is 6.34. The molecule has 0 saturated carbocycles. The van der Waals surface area contributed by atoms with Gasteiger partial charge in [0.1, 0.15) is 5.79 Å². The first kappa shape index (κ1) is 23.8. The van der Waals surface area contributed by atoms with Gasteiger partial charge in [-0.1, -0.05) is 49.6 Å². The van der Waals surface area contributed by atoms with Gasteiger partial charge in [-0.15, -0.1) is 0 Å². The normalized spacial score (nSPS) is 22.8. The van der Waals surface area contributed by atoms with E-state index in [1.165, 1.54) is 0 Å². The highest BCUT2D eigenvalue weighted by atomic mass is 16.8. The molecule has 0 radical (unpaired) electrons. The molecule has 4 nitrogen and oxygen atoms in total. The summed E-state index contributed by atoms with van der Waals surface area (Å²) in [5.41, 5.74) is 2.95. The molecule has 6 heteroatoms. The highest BCUT2D eigenvalue weighted by molar-refractivity contribution is 6.66. The van der Waals surface area contributed by atoms with Crippen LogP contribution in [0.2, 0.25) is 0 Å². The summed E-state index contributed by atoms with van der Waals surface area (Å²) in [7, 11) is -1.00. The maximum absolute atomic E-state index is 6.48. The second-order valence-corrected chi connectivity index (χ2v) is 9.43. The van der Waals surface area contributed by atoms with E-state index in [-0.39, 0.29) is 0 Å². The molecule has 31 heavy (non-hydrogen) atoms. The number of hydrogen-bond donors (Lipinski definition) is 0. The minimum atomic E-state index is -0.610. The molecule has 0 spiro atoms. The van der Waals surface area contributed by atoms with E-state index in [1.54, 1.807) is 6.08 Å². The van der Waals surface area contributed by atoms with Crippen molar-refractivity contribution < 1.29 is 18.6 Å². The molecule has 0 aromatic heterocycles. The van der Waals surface area contributed by atoms with Crippen LogP contribution in [0, 0.1) is 0 Å². The van der Waals surface area contributed by atoms with Gasteiger partial charge in [-0.05, 0) is 87.9 Å². The molecule has 2 saturated heterocycles. The Balaban J connectivity index is 2.40. The predicted molar refractivity (Wildman–Crippen MR) is 133 cm³/mol. The standard InChI is InChI=1S/C25H34B2O4/c1-11-15-19-17(13-3)21(27-30-25(9,10)31-27)18(14-4)20(16-12-2)22(19)26-28-23(5,6)24(7,8)29-26/h11-16H,1,4H2,2-3,5-10H3/b16-12-,17-13+,19-15+. The van der Waals surface area contributed by atoms with Crippen LogP contribution < -0.4 is 21.4 Å². The van der Waals surface area contributed by atoms with Gasteiger partial charge in [0.2, 0.25) is 0 Å². The molecule has 0 bridgehead atoms. The van der Waals surface area contributed by atoms with Gasteiger partial charge >= 0.3 is 14.2 Å². The van der Waals surface area contributed by atoms with Crippen molar-refractivity contribution in [1.29, 1.82) is 0 Å². The van der Waals surface area contributed by atoms with E-state index in [0.29, 0.717) is 0 Å². The summed E-state index contributed by atoms with van der Waals surface area (Å²) < 4.78 is 25.1. The van der Waals surface area contributed by atoms with Crippen molar-refractivity contribution in [2.45, 2.75) is 72.4 Å². The average molecular weight is 420 g/mol. The molecule has 0 N–H and O–H groups in total. The second kappa shape index (κ2) is 8.25. The lowest BCUT2D eigenvalue weighted by Gasteiger charge is -2.42. The van der Waals surface area contributed by atoms with Gasteiger partial charge in [0.15, 0.2) is 0 Å². The van der Waals surface area contributed by atoms with Crippen molar-refractivity contribution in [1.82, 2.24) is 0 Å². The highest BCUT2D eigenvalue weighted by Gasteiger charge is 2.53. The number of rotatable bonds is 5. The maximum Gasteiger partial charge on any atom is 0.499 e. The monoisotopic (exact) mass is 420 g/mol. The summed E-state index contributed by atoms with van der Waals surface area (Å²) in [6.07, 6.45) is 11.8. The largest absolute Gasteiger partial charge is 0.499 e. The van der Waals surface area contributed by atoms with Crippen LogP contribution in [0.3, 0.4) is 0 Å². The molecule has 0 atom stereocenters. The van der Waals surface area contributed by atoms with Gasteiger partial charge in [-0.3, -0.25) is 0 Å². The van der Waals surface area contributed by atoms with E-state index in [0.717, 1.165) is 32.5 Å². The molecule has 2 aliphatic rings. The SMILES string of the molecule is C=C/C=c1/c(B2OC(C)(C)C(C)(C)O2)c(/C=C\C)c(C=C)c(B2OC(C)(C)O2)/c1=C/C. The molecule has 3 rings (SSSR count). The third kappa shape index (κ3) is 4.03. The van der Waals surface area contributed by atoms with Crippen LogP contribution in [-0.2, 0) is 18.6 Å². The zero-order valence-corrected chi connectivity index (χ0v) is 20.2. The Morgan fingerprint density at radius 1 is 0.742 bits per heavy atom. The van der Waals surface area contributed by atoms with Crippen LogP contribution in [0.25, 0.3) is 24.3 Å². The van der Waals surface area contributed by atoms with Crippen LogP contribution >= 0.6 is 0 Å². The van der Waals surface area contributed by atoms with Gasteiger partial charge in [-0.25, -0.2) is 0 Å². The Hall–Kier alpha value is -1.85. The fourth-order valence-corrected chi connectivity index (χ4v) is 4.16. The first-order valence-electron chi connectivity index (χ1n) is 10.9. The molecular formula is C25H34B2O4. The van der Waals surface area contributed by atoms with Crippen molar-refractivity contribution >= 4 is 49.5 Å². The van der Waals surface area contributed by atoms with Crippen LogP contribution in [0.15, 0.2) is 25.3 Å². The Morgan fingerprint density at radius 2 is 1.26 bits per heavy atom. The molecule has 2 aliphatic heterocycles. The molecule has 164 valence electrons. The van der Waals surface area contributed by atoms with E-state index < -0.39 is 31.2 Å². The van der Waals surface area contributed by atoms with Gasteiger partial charge in [-0.2, -0.15) is 0 Å². The molecule has 1 aromatic rings. The van der Waals surface area contributed by atoms with E-state index >= 15 is 0 Å². The molecule has 2 fully saturated rings. The van der Waals surface area contributed by atoms with Crippen molar-refractivity contribution in [3.05, 3.63) is 46.9 Å². The Morgan fingerprint density at radius 3 is 1.68 bits per heavy atom. The maximum atomic E-state index is 6.48. The molecule has 0 unspecified atom stereocenters. The van der Waals surface area contributed by atoms with Crippen LogP contribution in [0.4, 0.5) is 0 Å². The lowest BCUT2D eigenvalue weighted by Crippen LogP contribution is -2.67. The zero-order chi connectivity index (χ0) is 23.2. The average Bonchev–Trinajstić information content (AvgIpc) is 2.86. The van der Waals surface area contributed by atoms with Crippen molar-refractivity contribution in [3.8, 4) is 0 Å². The smallest absolute Gasteiger partial charge is 0.399 e. The van der Waals surface area contributed by atoms with Gasteiger partial charge in [0, 0.05) is 0 Å². The Labute approximate surface area is 187 Å². The summed E-state index contributed by atoms with van der Waals surface area (Å²) in [5.74, 6) is -0.610. The van der Waals surface area contributed by atoms with Crippen LogP contribution in [0.5, 0.6) is 0 Å². The third-order valence-electron chi connectivity index (χ3n) is 6.36. The van der Waals surface area contributed by atoms with Gasteiger partial charge in [0.05, 0.1) is 11.2 Å². The fourth-order valence-electron chi connectivity index (χ4n) is 4.16. The second-order valence-electron chi connectivity index (χ2n) is 9.43. The summed E-state index contributed by atoms with van der Waals surface area (Å²) in [4.78, 5) is 0. The molecule has 0 amide bonds. The van der Waals surface area contributed by atoms with Crippen molar-refractivity contribution in [2.75, 3.05) is 0 Å². The van der Waals surface area contributed by atoms with E-state index in [4.69, 9.17) is 18.6 Å². The molecule has 0 aliphatic carbocycles. The van der Waals surface area contributed by atoms with Crippen LogP contribution in [0.1, 0.15) is 66.5 Å². The first-order chi connectivity index (χ1) is 14.4. The zero-order valence-electron chi connectivity index (χ0n) is 20.2. The lowest BCUT2D eigenvalue weighted by molar-refractivity contribution is -0.185. The lowest BCUT2D eigenvalue weighted by atomic mass is 9.64. The molecular weight excluding hydrogens is 386 g/mol. The minimum Gasteiger partial charge on any atom is -0.399 e.